The summed E-state index contributed by atoms with van der Waals surface area (Å²) in [6.45, 7) is 9.23. The summed E-state index contributed by atoms with van der Waals surface area (Å²) < 4.78 is 41.3. The fourth-order valence-electron chi connectivity index (χ4n) is 6.17. The molecule has 0 N–H and O–H groups in total. The van der Waals surface area contributed by atoms with Crippen molar-refractivity contribution < 1.29 is 21.8 Å². The Hall–Kier alpha value is -3.06. The van der Waals surface area contributed by atoms with E-state index in [0.717, 1.165) is 24.3 Å². The van der Waals surface area contributed by atoms with Gasteiger partial charge in [-0.05, 0) is 62.0 Å². The Kier molecular flexibility index (Phi) is 8.29. The third kappa shape index (κ3) is 5.85. The molecule has 0 radical (unpaired) electrons. The molecule has 2 nitrogen and oxygen atoms in total. The van der Waals surface area contributed by atoms with Gasteiger partial charge in [0.05, 0.1) is 5.41 Å². The maximum atomic E-state index is 9.75. The fourth-order valence-corrected chi connectivity index (χ4v) is 6.49. The molecule has 0 saturated carbocycles. The Bertz CT molecular complexity index is 1460. The maximum absolute atomic E-state index is 9.75. The van der Waals surface area contributed by atoms with Crippen LogP contribution < -0.4 is 4.90 Å². The first-order valence-corrected chi connectivity index (χ1v) is 13.9. The predicted octanol–water partition coefficient (Wildman–Crippen LogP) is 9.46. The van der Waals surface area contributed by atoms with Crippen molar-refractivity contribution >= 4 is 35.9 Å². The van der Waals surface area contributed by atoms with Gasteiger partial charge in [-0.25, -0.2) is 0 Å². The summed E-state index contributed by atoms with van der Waals surface area (Å²) in [5.41, 5.74) is 10.4. The topological polar surface area (TPSA) is 6.25 Å². The van der Waals surface area contributed by atoms with Crippen molar-refractivity contribution in [1.82, 2.24) is 0 Å². The minimum absolute atomic E-state index is 0.0275. The van der Waals surface area contributed by atoms with Crippen LogP contribution in [0.1, 0.15) is 58.1 Å². The monoisotopic (exact) mass is 570 g/mol. The zero-order valence-corrected chi connectivity index (χ0v) is 24.7. The quantitative estimate of drug-likeness (QED) is 0.202. The minimum atomic E-state index is -6.00. The Morgan fingerprint density at radius 3 is 2.08 bits per heavy atom. The lowest BCUT2D eigenvalue weighted by Gasteiger charge is -2.24. The van der Waals surface area contributed by atoms with E-state index in [9.17, 15) is 17.3 Å². The number of rotatable bonds is 3. The normalized spacial score (nSPS) is 21.7. The van der Waals surface area contributed by atoms with E-state index in [4.69, 9.17) is 11.6 Å². The Labute approximate surface area is 240 Å². The van der Waals surface area contributed by atoms with E-state index in [1.54, 1.807) is 0 Å². The van der Waals surface area contributed by atoms with Gasteiger partial charge in [-0.2, -0.15) is 4.58 Å². The van der Waals surface area contributed by atoms with Crippen molar-refractivity contribution in [3.63, 3.8) is 0 Å². The molecule has 0 saturated heterocycles. The molecule has 0 amide bonds. The van der Waals surface area contributed by atoms with Gasteiger partial charge in [-0.1, -0.05) is 74.0 Å². The summed E-state index contributed by atoms with van der Waals surface area (Å²) in [6.07, 6.45) is 12.2. The number of hydrogen-bond donors (Lipinski definition) is 0. The van der Waals surface area contributed by atoms with Gasteiger partial charge in [0.25, 0.3) is 0 Å². The van der Waals surface area contributed by atoms with E-state index in [2.05, 4.69) is 124 Å². The van der Waals surface area contributed by atoms with Gasteiger partial charge in [0.2, 0.25) is 5.69 Å². The lowest BCUT2D eigenvalue weighted by Crippen LogP contribution is -2.26. The molecule has 0 spiro atoms. The van der Waals surface area contributed by atoms with Crippen molar-refractivity contribution in [2.45, 2.75) is 57.8 Å². The summed E-state index contributed by atoms with van der Waals surface area (Å²) in [5.74, 6) is 0. The second-order valence-corrected chi connectivity index (χ2v) is 11.9. The highest BCUT2D eigenvalue weighted by Gasteiger charge is 2.42. The highest BCUT2D eigenvalue weighted by Crippen LogP contribution is 2.47. The molecule has 0 atom stereocenters. The number of hydrogen-bond acceptors (Lipinski definition) is 1. The molecule has 0 bridgehead atoms. The van der Waals surface area contributed by atoms with Gasteiger partial charge in [0, 0.05) is 46.6 Å². The summed E-state index contributed by atoms with van der Waals surface area (Å²) >= 11 is 7.01. The van der Waals surface area contributed by atoms with E-state index in [1.165, 1.54) is 45.1 Å². The number of para-hydroxylation sites is 2. The van der Waals surface area contributed by atoms with Crippen LogP contribution in [0, 0.1) is 0 Å². The molecule has 0 aromatic heterocycles. The standard InChI is InChI=1S/C32H36ClN2.BF4/c1-31(2)24-14-7-9-16-26(24)34(5)28(31)20-18-22-12-11-13-23(30(22)33)19-21-29-32(3,4)25-15-8-10-17-27(25)35(29)6;2-1(3,4)5/h7-10,14-21H,11-13H2,1-6H3;/q+1;-1. The van der Waals surface area contributed by atoms with E-state index in [0.29, 0.717) is 0 Å². The van der Waals surface area contributed by atoms with Gasteiger partial charge in [0.15, 0.2) is 5.71 Å². The van der Waals surface area contributed by atoms with Crippen LogP contribution >= 0.6 is 11.6 Å². The third-order valence-electron chi connectivity index (χ3n) is 8.22. The van der Waals surface area contributed by atoms with Gasteiger partial charge in [-0.15, -0.1) is 0 Å². The first-order valence-electron chi connectivity index (χ1n) is 13.5. The fraction of sp³-hybridized carbons (Fsp3) is 0.344. The predicted molar refractivity (Wildman–Crippen MR) is 160 cm³/mol. The first kappa shape index (κ1) is 29.9. The molecule has 3 aliphatic rings. The van der Waals surface area contributed by atoms with Crippen LogP contribution in [0.4, 0.5) is 28.6 Å². The van der Waals surface area contributed by atoms with Crippen molar-refractivity contribution in [3.8, 4) is 0 Å². The molecule has 2 heterocycles. The van der Waals surface area contributed by atoms with E-state index >= 15 is 0 Å². The molecule has 8 heteroatoms. The number of nitrogens with zero attached hydrogens (tertiary/aromatic N) is 2. The van der Waals surface area contributed by atoms with Crippen molar-refractivity contribution in [3.05, 3.63) is 106 Å². The van der Waals surface area contributed by atoms with E-state index < -0.39 is 7.25 Å². The van der Waals surface area contributed by atoms with Gasteiger partial charge < -0.3 is 22.2 Å². The number of allylic oxidation sites excluding steroid dienone is 8. The summed E-state index contributed by atoms with van der Waals surface area (Å²) in [4.78, 5) is 2.32. The highest BCUT2D eigenvalue weighted by atomic mass is 35.5. The Balaban J connectivity index is 0.000000681. The molecule has 0 fully saturated rings. The van der Waals surface area contributed by atoms with Gasteiger partial charge in [-0.3, -0.25) is 0 Å². The van der Waals surface area contributed by atoms with Crippen LogP contribution in [0.2, 0.25) is 0 Å². The van der Waals surface area contributed by atoms with Crippen LogP contribution in [-0.2, 0) is 10.8 Å². The molecule has 2 aliphatic heterocycles. The Morgan fingerprint density at radius 1 is 0.850 bits per heavy atom. The number of anilines is 1. The molecule has 212 valence electrons. The van der Waals surface area contributed by atoms with Crippen LogP contribution in [0.3, 0.4) is 0 Å². The molecule has 2 aromatic carbocycles. The lowest BCUT2D eigenvalue weighted by molar-refractivity contribution is -0.401. The number of halogens is 5. The third-order valence-corrected chi connectivity index (χ3v) is 8.71. The SMILES string of the molecule is CN1/C(=C\C=C2\CCCC(/C=C/C3=[N+](C)c4ccccc4C3(C)C)=C2Cl)C(C)(C)c2ccccc21.F[B-](F)(F)F. The van der Waals surface area contributed by atoms with Gasteiger partial charge in [0.1, 0.15) is 7.05 Å². The molecule has 40 heavy (non-hydrogen) atoms. The highest BCUT2D eigenvalue weighted by molar-refractivity contribution is 6.50. The zero-order chi connectivity index (χ0) is 29.5. The molecule has 1 aliphatic carbocycles. The summed E-state index contributed by atoms with van der Waals surface area (Å²) in [6, 6.07) is 17.4. The second kappa shape index (κ2) is 11.1. The number of fused-ring (bicyclic) bond motifs is 2. The second-order valence-electron chi connectivity index (χ2n) is 11.6. The van der Waals surface area contributed by atoms with Crippen molar-refractivity contribution in [2.75, 3.05) is 19.0 Å². The number of likely N-dealkylation sites (N-methyl/N-ethyl adjacent to an activating group) is 1. The molecule has 0 unspecified atom stereocenters. The summed E-state index contributed by atoms with van der Waals surface area (Å²) in [5, 5.41) is 0.914. The Morgan fingerprint density at radius 2 is 1.45 bits per heavy atom. The lowest BCUT2D eigenvalue weighted by atomic mass is 9.81. The molecule has 2 aromatic rings. The van der Waals surface area contributed by atoms with Crippen LogP contribution in [0.5, 0.6) is 0 Å². The van der Waals surface area contributed by atoms with Crippen LogP contribution in [-0.4, -0.2) is 31.6 Å². The van der Waals surface area contributed by atoms with Crippen LogP contribution in [0.25, 0.3) is 0 Å². The average Bonchev–Trinajstić information content (AvgIpc) is 3.20. The average molecular weight is 571 g/mol. The van der Waals surface area contributed by atoms with Gasteiger partial charge >= 0.3 is 7.25 Å². The first-order chi connectivity index (χ1) is 18.6. The van der Waals surface area contributed by atoms with E-state index in [-0.39, 0.29) is 10.8 Å². The molecular weight excluding hydrogens is 535 g/mol. The largest absolute Gasteiger partial charge is 0.673 e. The number of benzene rings is 2. The minimum Gasteiger partial charge on any atom is -0.418 e. The zero-order valence-electron chi connectivity index (χ0n) is 23.9. The maximum Gasteiger partial charge on any atom is 0.673 e. The molecule has 5 rings (SSSR count). The van der Waals surface area contributed by atoms with Crippen molar-refractivity contribution in [1.29, 1.82) is 0 Å². The molecular formula is C32H36BClF4N2. The smallest absolute Gasteiger partial charge is 0.418 e. The summed E-state index contributed by atoms with van der Waals surface area (Å²) in [7, 11) is -1.67. The van der Waals surface area contributed by atoms with Crippen molar-refractivity contribution in [2.24, 2.45) is 0 Å². The van der Waals surface area contributed by atoms with E-state index in [1.807, 2.05) is 0 Å². The van der Waals surface area contributed by atoms with Crippen LogP contribution in [0.15, 0.2) is 94.7 Å².